The summed E-state index contributed by atoms with van der Waals surface area (Å²) in [6.45, 7) is 0. The van der Waals surface area contributed by atoms with Gasteiger partial charge >= 0.3 is 5.97 Å². The highest BCUT2D eigenvalue weighted by Gasteiger charge is 2.27. The third kappa shape index (κ3) is 1.48. The lowest BCUT2D eigenvalue weighted by atomic mass is 10.2. The zero-order valence-electron chi connectivity index (χ0n) is 8.89. The van der Waals surface area contributed by atoms with E-state index in [9.17, 15) is 4.79 Å². The van der Waals surface area contributed by atoms with Crippen LogP contribution < -0.4 is 0 Å². The quantitative estimate of drug-likeness (QED) is 0.855. The molecule has 0 atom stereocenters. The molecule has 0 unspecified atom stereocenters. The van der Waals surface area contributed by atoms with Crippen molar-refractivity contribution in [3.8, 4) is 0 Å². The molecule has 1 aliphatic carbocycles. The second-order valence-electron chi connectivity index (χ2n) is 4.37. The fourth-order valence-corrected chi connectivity index (χ4v) is 2.29. The normalized spacial score (nSPS) is 15.5. The van der Waals surface area contributed by atoms with Gasteiger partial charge in [-0.2, -0.15) is 0 Å². The summed E-state index contributed by atoms with van der Waals surface area (Å²) in [5, 5.41) is 10.0. The molecule has 82 valence electrons. The molecular weight excluding hydrogens is 202 g/mol. The first-order chi connectivity index (χ1) is 7.75. The molecule has 1 saturated carbocycles. The lowest BCUT2D eigenvalue weighted by Gasteiger charge is -2.07. The second kappa shape index (κ2) is 3.37. The average Bonchev–Trinajstić information content (AvgIpc) is 3.00. The molecule has 1 N–H and O–H groups in total. The van der Waals surface area contributed by atoms with Crippen molar-refractivity contribution in [1.29, 1.82) is 0 Å². The van der Waals surface area contributed by atoms with E-state index in [1.54, 1.807) is 0 Å². The molecule has 0 aliphatic heterocycles. The third-order valence-electron chi connectivity index (χ3n) is 3.07. The van der Waals surface area contributed by atoms with Crippen LogP contribution in [0.1, 0.15) is 24.6 Å². The predicted octanol–water partition coefficient (Wildman–Crippen LogP) is 2.60. The summed E-state index contributed by atoms with van der Waals surface area (Å²) < 4.78 is 2.20. The standard InChI is InChI=1S/C13H13NO2/c15-13(16)8-11-7-9-3-1-2-4-12(9)14(11)10-5-6-10/h1-4,7,10H,5-6,8H2,(H,15,16). The lowest BCUT2D eigenvalue weighted by Crippen LogP contribution is -2.06. The Morgan fingerprint density at radius 3 is 2.81 bits per heavy atom. The lowest BCUT2D eigenvalue weighted by molar-refractivity contribution is -0.136. The van der Waals surface area contributed by atoms with Gasteiger partial charge in [-0.05, 0) is 30.4 Å². The highest BCUT2D eigenvalue weighted by molar-refractivity contribution is 5.83. The largest absolute Gasteiger partial charge is 0.481 e. The molecule has 1 fully saturated rings. The van der Waals surface area contributed by atoms with Crippen LogP contribution in [0.2, 0.25) is 0 Å². The van der Waals surface area contributed by atoms with Gasteiger partial charge in [-0.1, -0.05) is 18.2 Å². The van der Waals surface area contributed by atoms with Crippen LogP contribution in [-0.4, -0.2) is 15.6 Å². The Bertz CT molecular complexity index is 552. The van der Waals surface area contributed by atoms with Crippen LogP contribution in [0.5, 0.6) is 0 Å². The van der Waals surface area contributed by atoms with E-state index in [4.69, 9.17) is 5.11 Å². The maximum Gasteiger partial charge on any atom is 0.309 e. The van der Waals surface area contributed by atoms with Crippen LogP contribution in [0.15, 0.2) is 30.3 Å². The number of rotatable bonds is 3. The Labute approximate surface area is 93.3 Å². The fourth-order valence-electron chi connectivity index (χ4n) is 2.29. The number of hydrogen-bond donors (Lipinski definition) is 1. The maximum absolute atomic E-state index is 10.8. The molecule has 3 heteroatoms. The summed E-state index contributed by atoms with van der Waals surface area (Å²) in [4.78, 5) is 10.8. The first-order valence-electron chi connectivity index (χ1n) is 5.56. The van der Waals surface area contributed by atoms with Gasteiger partial charge in [0.1, 0.15) is 0 Å². The van der Waals surface area contributed by atoms with E-state index in [1.165, 1.54) is 18.4 Å². The van der Waals surface area contributed by atoms with E-state index >= 15 is 0 Å². The minimum absolute atomic E-state index is 0.116. The van der Waals surface area contributed by atoms with Crippen molar-refractivity contribution in [2.45, 2.75) is 25.3 Å². The third-order valence-corrected chi connectivity index (χ3v) is 3.07. The summed E-state index contributed by atoms with van der Waals surface area (Å²) in [7, 11) is 0. The van der Waals surface area contributed by atoms with Crippen LogP contribution in [-0.2, 0) is 11.2 Å². The molecule has 3 nitrogen and oxygen atoms in total. The van der Waals surface area contributed by atoms with Gasteiger partial charge in [-0.25, -0.2) is 0 Å². The molecule has 0 amide bonds. The van der Waals surface area contributed by atoms with E-state index < -0.39 is 5.97 Å². The summed E-state index contributed by atoms with van der Waals surface area (Å²) in [5.41, 5.74) is 2.09. The number of nitrogens with zero attached hydrogens (tertiary/aromatic N) is 1. The zero-order chi connectivity index (χ0) is 11.1. The van der Waals surface area contributed by atoms with Crippen LogP contribution >= 0.6 is 0 Å². The van der Waals surface area contributed by atoms with Crippen molar-refractivity contribution in [3.63, 3.8) is 0 Å². The van der Waals surface area contributed by atoms with Crippen molar-refractivity contribution < 1.29 is 9.90 Å². The number of aromatic nitrogens is 1. The van der Waals surface area contributed by atoms with Gasteiger partial charge in [0.15, 0.2) is 0 Å². The molecule has 0 spiro atoms. The monoisotopic (exact) mass is 215 g/mol. The summed E-state index contributed by atoms with van der Waals surface area (Å²) in [6.07, 6.45) is 2.46. The maximum atomic E-state index is 10.8. The highest BCUT2D eigenvalue weighted by atomic mass is 16.4. The van der Waals surface area contributed by atoms with Crippen LogP contribution in [0.3, 0.4) is 0 Å². The molecule has 1 aliphatic rings. The average molecular weight is 215 g/mol. The number of aliphatic carboxylic acids is 1. The Morgan fingerprint density at radius 1 is 1.38 bits per heavy atom. The van der Waals surface area contributed by atoms with Crippen LogP contribution in [0, 0.1) is 0 Å². The van der Waals surface area contributed by atoms with E-state index in [1.807, 2.05) is 24.3 Å². The van der Waals surface area contributed by atoms with Crippen molar-refractivity contribution in [2.24, 2.45) is 0 Å². The number of fused-ring (bicyclic) bond motifs is 1. The number of hydrogen-bond acceptors (Lipinski definition) is 1. The number of carbonyl (C=O) groups is 1. The van der Waals surface area contributed by atoms with Gasteiger partial charge < -0.3 is 9.67 Å². The molecular formula is C13H13NO2. The van der Waals surface area contributed by atoms with Gasteiger partial charge in [0.05, 0.1) is 6.42 Å². The molecule has 1 aromatic heterocycles. The van der Waals surface area contributed by atoms with Crippen LogP contribution in [0.25, 0.3) is 10.9 Å². The zero-order valence-corrected chi connectivity index (χ0v) is 8.89. The number of carboxylic acids is 1. The van der Waals surface area contributed by atoms with E-state index in [2.05, 4.69) is 10.6 Å². The Balaban J connectivity index is 2.18. The van der Waals surface area contributed by atoms with Crippen molar-refractivity contribution >= 4 is 16.9 Å². The SMILES string of the molecule is O=C(O)Cc1cc2ccccc2n1C1CC1. The number of carboxylic acid groups (broad SMARTS) is 1. The topological polar surface area (TPSA) is 42.2 Å². The van der Waals surface area contributed by atoms with Crippen molar-refractivity contribution in [2.75, 3.05) is 0 Å². The summed E-state index contributed by atoms with van der Waals surface area (Å²) >= 11 is 0. The Kier molecular flexibility index (Phi) is 1.99. The predicted molar refractivity (Wildman–Crippen MR) is 61.5 cm³/mol. The molecule has 0 bridgehead atoms. The van der Waals surface area contributed by atoms with Gasteiger partial charge in [0.25, 0.3) is 0 Å². The first kappa shape index (κ1) is 9.46. The van der Waals surface area contributed by atoms with Gasteiger partial charge in [-0.15, -0.1) is 0 Å². The van der Waals surface area contributed by atoms with Gasteiger partial charge in [-0.3, -0.25) is 4.79 Å². The first-order valence-corrected chi connectivity index (χ1v) is 5.56. The van der Waals surface area contributed by atoms with E-state index in [0.717, 1.165) is 11.1 Å². The minimum Gasteiger partial charge on any atom is -0.481 e. The second-order valence-corrected chi connectivity index (χ2v) is 4.37. The van der Waals surface area contributed by atoms with Crippen LogP contribution in [0.4, 0.5) is 0 Å². The molecule has 0 saturated heterocycles. The smallest absolute Gasteiger partial charge is 0.309 e. The van der Waals surface area contributed by atoms with Gasteiger partial charge in [0, 0.05) is 17.3 Å². The van der Waals surface area contributed by atoms with E-state index in [-0.39, 0.29) is 6.42 Å². The molecule has 1 heterocycles. The van der Waals surface area contributed by atoms with Gasteiger partial charge in [0.2, 0.25) is 0 Å². The highest BCUT2D eigenvalue weighted by Crippen LogP contribution is 2.39. The fraction of sp³-hybridized carbons (Fsp3) is 0.308. The minimum atomic E-state index is -0.760. The van der Waals surface area contributed by atoms with Crippen molar-refractivity contribution in [3.05, 3.63) is 36.0 Å². The number of para-hydroxylation sites is 1. The molecule has 3 rings (SSSR count). The summed E-state index contributed by atoms with van der Waals surface area (Å²) in [5.74, 6) is -0.760. The van der Waals surface area contributed by atoms with E-state index in [0.29, 0.717) is 6.04 Å². The molecule has 1 aromatic carbocycles. The summed E-state index contributed by atoms with van der Waals surface area (Å²) in [6, 6.07) is 10.6. The molecule has 0 radical (unpaired) electrons. The van der Waals surface area contributed by atoms with Crippen molar-refractivity contribution in [1.82, 2.24) is 4.57 Å². The molecule has 2 aromatic rings. The molecule has 16 heavy (non-hydrogen) atoms. The Hall–Kier alpha value is -1.77. The number of benzene rings is 1. The Morgan fingerprint density at radius 2 is 2.12 bits per heavy atom.